The van der Waals surface area contributed by atoms with Crippen LogP contribution in [0.2, 0.25) is 5.02 Å². The molecular weight excluding hydrogens is 306 g/mol. The first-order valence-electron chi connectivity index (χ1n) is 7.39. The number of nitrogens with one attached hydrogen (secondary N) is 1. The van der Waals surface area contributed by atoms with Gasteiger partial charge in [0.1, 0.15) is 5.54 Å². The second kappa shape index (κ2) is 6.19. The van der Waals surface area contributed by atoms with Crippen molar-refractivity contribution in [1.29, 1.82) is 0 Å². The monoisotopic (exact) mass is 325 g/mol. The zero-order chi connectivity index (χ0) is 14.9. The van der Waals surface area contributed by atoms with Gasteiger partial charge in [-0.1, -0.05) is 23.7 Å². The van der Waals surface area contributed by atoms with Crippen molar-refractivity contribution in [3.63, 3.8) is 0 Å². The van der Waals surface area contributed by atoms with Gasteiger partial charge in [0.15, 0.2) is 0 Å². The summed E-state index contributed by atoms with van der Waals surface area (Å²) in [6.07, 6.45) is 4.50. The number of carbonyl (C=O) groups excluding carboxylic acids is 1. The van der Waals surface area contributed by atoms with Crippen molar-refractivity contribution in [3.8, 4) is 0 Å². The van der Waals surface area contributed by atoms with Crippen LogP contribution in [0.1, 0.15) is 25.7 Å². The number of methoxy groups -OCH3 is 1. The molecule has 3 rings (SSSR count). The lowest BCUT2D eigenvalue weighted by Crippen LogP contribution is -2.57. The number of esters is 1. The van der Waals surface area contributed by atoms with Gasteiger partial charge in [0, 0.05) is 16.7 Å². The Bertz CT molecular complexity index is 531. The summed E-state index contributed by atoms with van der Waals surface area (Å²) in [4.78, 5) is 13.5. The molecule has 0 radical (unpaired) electrons. The third-order valence-electron chi connectivity index (χ3n) is 4.15. The van der Waals surface area contributed by atoms with Gasteiger partial charge in [0.05, 0.1) is 12.1 Å². The number of halogens is 1. The first kappa shape index (κ1) is 15.2. The quantitative estimate of drug-likeness (QED) is 0.615. The smallest absolute Gasteiger partial charge is 0.327 e. The maximum atomic E-state index is 12.5. The summed E-state index contributed by atoms with van der Waals surface area (Å²) in [5.41, 5.74) is -0.556. The highest BCUT2D eigenvalue weighted by molar-refractivity contribution is 7.99. The van der Waals surface area contributed by atoms with Crippen LogP contribution in [-0.4, -0.2) is 30.4 Å². The average Bonchev–Trinajstić information content (AvgIpc) is 3.37. The van der Waals surface area contributed by atoms with Crippen LogP contribution >= 0.6 is 23.4 Å². The number of ether oxygens (including phenoxy) is 1. The van der Waals surface area contributed by atoms with Crippen LogP contribution in [0, 0.1) is 5.92 Å². The molecule has 2 aliphatic carbocycles. The predicted molar refractivity (Wildman–Crippen MR) is 85.8 cm³/mol. The fourth-order valence-corrected chi connectivity index (χ4v) is 4.17. The van der Waals surface area contributed by atoms with Crippen molar-refractivity contribution in [1.82, 2.24) is 5.32 Å². The lowest BCUT2D eigenvalue weighted by Gasteiger charge is -2.32. The summed E-state index contributed by atoms with van der Waals surface area (Å²) in [6, 6.07) is 8.24. The van der Waals surface area contributed by atoms with E-state index in [0.717, 1.165) is 35.6 Å². The molecule has 2 saturated carbocycles. The van der Waals surface area contributed by atoms with Crippen molar-refractivity contribution in [3.05, 3.63) is 29.3 Å². The van der Waals surface area contributed by atoms with Gasteiger partial charge in [-0.2, -0.15) is 0 Å². The summed E-state index contributed by atoms with van der Waals surface area (Å²) in [5, 5.41) is 4.31. The SMILES string of the molecule is COC(=O)C(CSc1ccccc1Cl)(NC1CC1)C1CC1. The number of thioether (sulfide) groups is 1. The minimum Gasteiger partial charge on any atom is -0.468 e. The van der Waals surface area contributed by atoms with Crippen LogP contribution in [0.5, 0.6) is 0 Å². The van der Waals surface area contributed by atoms with E-state index in [4.69, 9.17) is 16.3 Å². The van der Waals surface area contributed by atoms with Crippen LogP contribution < -0.4 is 5.32 Å². The van der Waals surface area contributed by atoms with E-state index in [0.29, 0.717) is 17.7 Å². The van der Waals surface area contributed by atoms with E-state index in [1.54, 1.807) is 11.8 Å². The van der Waals surface area contributed by atoms with E-state index in [-0.39, 0.29) is 5.97 Å². The Kier molecular flexibility index (Phi) is 4.48. The molecule has 1 aromatic rings. The molecule has 3 nitrogen and oxygen atoms in total. The summed E-state index contributed by atoms with van der Waals surface area (Å²) in [6.45, 7) is 0. The fraction of sp³-hybridized carbons (Fsp3) is 0.562. The standard InChI is InChI=1S/C16H20ClNO2S/c1-20-15(19)16(11-6-7-11,18-12-8-9-12)10-21-14-5-3-2-4-13(14)17/h2-5,11-12,18H,6-10H2,1H3. The largest absolute Gasteiger partial charge is 0.468 e. The van der Waals surface area contributed by atoms with Gasteiger partial charge in [0.2, 0.25) is 0 Å². The van der Waals surface area contributed by atoms with Crippen LogP contribution in [-0.2, 0) is 9.53 Å². The van der Waals surface area contributed by atoms with Crippen molar-refractivity contribution < 1.29 is 9.53 Å². The molecular formula is C16H20ClNO2S. The Morgan fingerprint density at radius 1 is 1.38 bits per heavy atom. The Morgan fingerprint density at radius 2 is 2.10 bits per heavy atom. The highest BCUT2D eigenvalue weighted by atomic mass is 35.5. The molecule has 2 fully saturated rings. The van der Waals surface area contributed by atoms with Gasteiger partial charge < -0.3 is 4.74 Å². The van der Waals surface area contributed by atoms with Gasteiger partial charge in [-0.15, -0.1) is 11.8 Å². The summed E-state index contributed by atoms with van der Waals surface area (Å²) in [7, 11) is 1.48. The number of hydrogen-bond donors (Lipinski definition) is 1. The zero-order valence-electron chi connectivity index (χ0n) is 12.1. The van der Waals surface area contributed by atoms with Gasteiger partial charge in [0.25, 0.3) is 0 Å². The topological polar surface area (TPSA) is 38.3 Å². The second-order valence-corrected chi connectivity index (χ2v) is 7.30. The number of rotatable bonds is 7. The van der Waals surface area contributed by atoms with E-state index in [1.165, 1.54) is 7.11 Å². The molecule has 0 heterocycles. The van der Waals surface area contributed by atoms with E-state index >= 15 is 0 Å². The molecule has 0 spiro atoms. The van der Waals surface area contributed by atoms with E-state index in [9.17, 15) is 4.79 Å². The third-order valence-corrected chi connectivity index (χ3v) is 5.86. The molecule has 0 aromatic heterocycles. The summed E-state index contributed by atoms with van der Waals surface area (Å²) < 4.78 is 5.12. The minimum absolute atomic E-state index is 0.128. The molecule has 0 aliphatic heterocycles. The van der Waals surface area contributed by atoms with Gasteiger partial charge in [-0.05, 0) is 43.7 Å². The van der Waals surface area contributed by atoms with Crippen molar-refractivity contribution >= 4 is 29.3 Å². The van der Waals surface area contributed by atoms with Gasteiger partial charge >= 0.3 is 5.97 Å². The fourth-order valence-electron chi connectivity index (χ4n) is 2.67. The molecule has 0 amide bonds. The first-order valence-corrected chi connectivity index (χ1v) is 8.75. The lowest BCUT2D eigenvalue weighted by molar-refractivity contribution is -0.148. The Hall–Kier alpha value is -0.710. The van der Waals surface area contributed by atoms with Crippen LogP contribution in [0.4, 0.5) is 0 Å². The first-order chi connectivity index (χ1) is 10.2. The maximum Gasteiger partial charge on any atom is 0.327 e. The Morgan fingerprint density at radius 3 is 2.67 bits per heavy atom. The second-order valence-electron chi connectivity index (χ2n) is 5.87. The molecule has 0 saturated heterocycles. The zero-order valence-corrected chi connectivity index (χ0v) is 13.7. The Labute approximate surface area is 134 Å². The molecule has 1 atom stereocenters. The van der Waals surface area contributed by atoms with Crippen LogP contribution in [0.25, 0.3) is 0 Å². The predicted octanol–water partition coefficient (Wildman–Crippen LogP) is 3.51. The van der Waals surface area contributed by atoms with Crippen molar-refractivity contribution in [2.75, 3.05) is 12.9 Å². The van der Waals surface area contributed by atoms with Crippen molar-refractivity contribution in [2.24, 2.45) is 5.92 Å². The molecule has 1 aromatic carbocycles. The maximum absolute atomic E-state index is 12.5. The normalized spacial score (nSPS) is 20.9. The number of hydrogen-bond acceptors (Lipinski definition) is 4. The van der Waals surface area contributed by atoms with Crippen LogP contribution in [0.15, 0.2) is 29.2 Å². The highest BCUT2D eigenvalue weighted by Gasteiger charge is 2.53. The van der Waals surface area contributed by atoms with E-state index < -0.39 is 5.54 Å². The van der Waals surface area contributed by atoms with Crippen molar-refractivity contribution in [2.45, 2.75) is 42.2 Å². The average molecular weight is 326 g/mol. The minimum atomic E-state index is -0.556. The summed E-state index contributed by atoms with van der Waals surface area (Å²) in [5.74, 6) is 0.932. The Balaban J connectivity index is 1.77. The highest BCUT2D eigenvalue weighted by Crippen LogP contribution is 2.45. The number of benzene rings is 1. The number of carbonyl (C=O) groups is 1. The molecule has 1 N–H and O–H groups in total. The van der Waals surface area contributed by atoms with E-state index in [1.807, 2.05) is 24.3 Å². The molecule has 2 aliphatic rings. The molecule has 21 heavy (non-hydrogen) atoms. The molecule has 0 bridgehead atoms. The van der Waals surface area contributed by atoms with Crippen LogP contribution in [0.3, 0.4) is 0 Å². The molecule has 114 valence electrons. The summed E-state index contributed by atoms with van der Waals surface area (Å²) >= 11 is 7.86. The van der Waals surface area contributed by atoms with E-state index in [2.05, 4.69) is 5.32 Å². The third kappa shape index (κ3) is 3.38. The molecule has 5 heteroatoms. The molecule has 1 unspecified atom stereocenters. The van der Waals surface area contributed by atoms with Gasteiger partial charge in [-0.25, -0.2) is 0 Å². The lowest BCUT2D eigenvalue weighted by atomic mass is 9.95. The van der Waals surface area contributed by atoms with Gasteiger partial charge in [-0.3, -0.25) is 10.1 Å².